The summed E-state index contributed by atoms with van der Waals surface area (Å²) in [6.45, 7) is 1.83. The van der Waals surface area contributed by atoms with Gasteiger partial charge in [0.2, 0.25) is 0 Å². The van der Waals surface area contributed by atoms with E-state index in [0.717, 1.165) is 25.7 Å². The summed E-state index contributed by atoms with van der Waals surface area (Å²) in [6, 6.07) is 5.11. The van der Waals surface area contributed by atoms with E-state index in [-0.39, 0.29) is 5.91 Å². The van der Waals surface area contributed by atoms with Crippen molar-refractivity contribution in [1.82, 2.24) is 9.80 Å². The smallest absolute Gasteiger partial charge is 0.407 e. The Morgan fingerprint density at radius 1 is 1.32 bits per heavy atom. The van der Waals surface area contributed by atoms with E-state index in [0.29, 0.717) is 41.9 Å². The third-order valence-electron chi connectivity index (χ3n) is 4.49. The minimum atomic E-state index is -0.824. The second-order valence-corrected chi connectivity index (χ2v) is 6.95. The molecule has 0 radical (unpaired) electrons. The Bertz CT molecular complexity index is 613. The third-order valence-corrected chi connectivity index (χ3v) is 4.80. The van der Waals surface area contributed by atoms with Gasteiger partial charge in [-0.15, -0.1) is 0 Å². The van der Waals surface area contributed by atoms with Crippen LogP contribution >= 0.6 is 11.6 Å². The summed E-state index contributed by atoms with van der Waals surface area (Å²) in [5.41, 5.74) is 0.462. The molecule has 1 aromatic carbocycles. The number of carbonyl (C=O) groups excluding carboxylic acids is 1. The largest absolute Gasteiger partial charge is 0.494 e. The van der Waals surface area contributed by atoms with E-state index in [9.17, 15) is 9.59 Å². The van der Waals surface area contributed by atoms with Crippen LogP contribution in [0.5, 0.6) is 5.75 Å². The molecule has 138 valence electrons. The molecule has 0 aliphatic carbocycles. The maximum absolute atomic E-state index is 11.9. The highest BCUT2D eigenvalue weighted by atomic mass is 35.5. The molecule has 1 aliphatic rings. The van der Waals surface area contributed by atoms with Crippen LogP contribution in [0.4, 0.5) is 4.79 Å². The zero-order valence-corrected chi connectivity index (χ0v) is 15.5. The lowest BCUT2D eigenvalue weighted by Gasteiger charge is -2.29. The van der Waals surface area contributed by atoms with Crippen LogP contribution in [0, 0.1) is 5.92 Å². The molecule has 6 nitrogen and oxygen atoms in total. The van der Waals surface area contributed by atoms with E-state index in [1.807, 2.05) is 0 Å². The SMILES string of the molecule is CN(C)C(=O)c1ccc(OCCCC2CCN(C(=O)O)CC2)cc1Cl. The van der Waals surface area contributed by atoms with Crippen LogP contribution in [0.2, 0.25) is 5.02 Å². The molecule has 1 aromatic rings. The molecule has 1 fully saturated rings. The van der Waals surface area contributed by atoms with E-state index in [4.69, 9.17) is 21.4 Å². The maximum Gasteiger partial charge on any atom is 0.407 e. The molecule has 0 unspecified atom stereocenters. The molecule has 0 atom stereocenters. The summed E-state index contributed by atoms with van der Waals surface area (Å²) >= 11 is 6.16. The molecule has 0 aromatic heterocycles. The number of rotatable bonds is 6. The molecular formula is C18H25ClN2O4. The van der Waals surface area contributed by atoms with Crippen molar-refractivity contribution in [2.45, 2.75) is 25.7 Å². The van der Waals surface area contributed by atoms with Gasteiger partial charge in [0.05, 0.1) is 17.2 Å². The topological polar surface area (TPSA) is 70.1 Å². The highest BCUT2D eigenvalue weighted by Gasteiger charge is 2.21. The number of hydrogen-bond acceptors (Lipinski definition) is 3. The van der Waals surface area contributed by atoms with E-state index >= 15 is 0 Å². The molecule has 7 heteroatoms. The second-order valence-electron chi connectivity index (χ2n) is 6.54. The summed E-state index contributed by atoms with van der Waals surface area (Å²) in [5.74, 6) is 1.08. The van der Waals surface area contributed by atoms with Crippen molar-refractivity contribution in [1.29, 1.82) is 0 Å². The van der Waals surface area contributed by atoms with Gasteiger partial charge in [-0.2, -0.15) is 0 Å². The number of ether oxygens (including phenoxy) is 1. The zero-order valence-electron chi connectivity index (χ0n) is 14.7. The summed E-state index contributed by atoms with van der Waals surface area (Å²) in [4.78, 5) is 25.8. The van der Waals surface area contributed by atoms with Crippen molar-refractivity contribution in [3.8, 4) is 5.75 Å². The summed E-state index contributed by atoms with van der Waals surface area (Å²) in [7, 11) is 3.37. The molecule has 25 heavy (non-hydrogen) atoms. The van der Waals surface area contributed by atoms with E-state index in [2.05, 4.69) is 0 Å². The predicted octanol–water partition coefficient (Wildman–Crippen LogP) is 3.59. The number of carboxylic acid groups (broad SMARTS) is 1. The monoisotopic (exact) mass is 368 g/mol. The van der Waals surface area contributed by atoms with Crippen LogP contribution in [-0.2, 0) is 0 Å². The van der Waals surface area contributed by atoms with Gasteiger partial charge in [-0.3, -0.25) is 4.79 Å². The van der Waals surface area contributed by atoms with E-state index in [1.54, 1.807) is 32.3 Å². The quantitative estimate of drug-likeness (QED) is 0.779. The molecule has 0 spiro atoms. The van der Waals surface area contributed by atoms with Crippen molar-refractivity contribution in [2.75, 3.05) is 33.8 Å². The van der Waals surface area contributed by atoms with Gasteiger partial charge in [0.25, 0.3) is 5.91 Å². The average Bonchev–Trinajstić information content (AvgIpc) is 2.58. The highest BCUT2D eigenvalue weighted by molar-refractivity contribution is 6.34. The maximum atomic E-state index is 11.9. The third kappa shape index (κ3) is 5.53. The van der Waals surface area contributed by atoms with Gasteiger partial charge in [-0.1, -0.05) is 11.6 Å². The summed E-state index contributed by atoms with van der Waals surface area (Å²) < 4.78 is 5.72. The molecule has 0 saturated carbocycles. The highest BCUT2D eigenvalue weighted by Crippen LogP contribution is 2.25. The average molecular weight is 369 g/mol. The van der Waals surface area contributed by atoms with Gasteiger partial charge in [0.1, 0.15) is 5.75 Å². The van der Waals surface area contributed by atoms with Gasteiger partial charge in [0.15, 0.2) is 0 Å². The van der Waals surface area contributed by atoms with Crippen LogP contribution in [0.25, 0.3) is 0 Å². The minimum Gasteiger partial charge on any atom is -0.494 e. The Morgan fingerprint density at radius 3 is 2.56 bits per heavy atom. The Hall–Kier alpha value is -1.95. The van der Waals surface area contributed by atoms with Gasteiger partial charge < -0.3 is 19.6 Å². The molecule has 1 saturated heterocycles. The van der Waals surface area contributed by atoms with Crippen molar-refractivity contribution in [3.05, 3.63) is 28.8 Å². The first-order valence-corrected chi connectivity index (χ1v) is 8.88. The first kappa shape index (κ1) is 19.4. The lowest BCUT2D eigenvalue weighted by atomic mass is 9.92. The molecule has 2 amide bonds. The molecule has 1 N–H and O–H groups in total. The Kier molecular flexibility index (Phi) is 6.93. The fraction of sp³-hybridized carbons (Fsp3) is 0.556. The van der Waals surface area contributed by atoms with Crippen LogP contribution < -0.4 is 4.74 Å². The van der Waals surface area contributed by atoms with Crippen LogP contribution in [-0.4, -0.2) is 60.7 Å². The Balaban J connectivity index is 1.73. The lowest BCUT2D eigenvalue weighted by molar-refractivity contribution is 0.0827. The zero-order chi connectivity index (χ0) is 18.4. The fourth-order valence-corrected chi connectivity index (χ4v) is 3.23. The number of nitrogens with zero attached hydrogens (tertiary/aromatic N) is 2. The van der Waals surface area contributed by atoms with Gasteiger partial charge >= 0.3 is 6.09 Å². The predicted molar refractivity (Wildman–Crippen MR) is 96.5 cm³/mol. The number of likely N-dealkylation sites (tertiary alicyclic amines) is 1. The molecule has 1 aliphatic heterocycles. The lowest BCUT2D eigenvalue weighted by Crippen LogP contribution is -2.37. The molecular weight excluding hydrogens is 344 g/mol. The van der Waals surface area contributed by atoms with E-state index in [1.165, 1.54) is 9.80 Å². The van der Waals surface area contributed by atoms with Gasteiger partial charge in [0, 0.05) is 27.2 Å². The first-order valence-electron chi connectivity index (χ1n) is 8.50. The number of hydrogen-bond donors (Lipinski definition) is 1. The number of carbonyl (C=O) groups is 2. The van der Waals surface area contributed by atoms with Crippen molar-refractivity contribution >= 4 is 23.6 Å². The second kappa shape index (κ2) is 8.94. The number of piperidine rings is 1. The standard InChI is InChI=1S/C18H25ClN2O4/c1-20(2)17(22)15-6-5-14(12-16(15)19)25-11-3-4-13-7-9-21(10-8-13)18(23)24/h5-6,12-13H,3-4,7-11H2,1-2H3,(H,23,24). The van der Waals surface area contributed by atoms with Gasteiger partial charge in [-0.25, -0.2) is 4.79 Å². The van der Waals surface area contributed by atoms with Crippen molar-refractivity contribution in [2.24, 2.45) is 5.92 Å². The van der Waals surface area contributed by atoms with Gasteiger partial charge in [-0.05, 0) is 49.8 Å². The Labute approximate surface area is 153 Å². The van der Waals surface area contributed by atoms with Crippen molar-refractivity contribution < 1.29 is 19.4 Å². The van der Waals surface area contributed by atoms with Crippen LogP contribution in [0.15, 0.2) is 18.2 Å². The molecule has 1 heterocycles. The first-order chi connectivity index (χ1) is 11.9. The fourth-order valence-electron chi connectivity index (χ4n) is 2.97. The van der Waals surface area contributed by atoms with Crippen LogP contribution in [0.3, 0.4) is 0 Å². The summed E-state index contributed by atoms with van der Waals surface area (Å²) in [5, 5.41) is 9.33. The Morgan fingerprint density at radius 2 is 2.00 bits per heavy atom. The minimum absolute atomic E-state index is 0.135. The van der Waals surface area contributed by atoms with Crippen molar-refractivity contribution in [3.63, 3.8) is 0 Å². The van der Waals surface area contributed by atoms with Crippen LogP contribution in [0.1, 0.15) is 36.0 Å². The van der Waals surface area contributed by atoms with E-state index < -0.39 is 6.09 Å². The number of benzene rings is 1. The molecule has 2 rings (SSSR count). The summed E-state index contributed by atoms with van der Waals surface area (Å²) in [6.07, 6.45) is 2.94. The number of amides is 2. The molecule has 0 bridgehead atoms. The normalized spacial score (nSPS) is 15.1. The number of halogens is 1.